The van der Waals surface area contributed by atoms with Gasteiger partial charge >= 0.3 is 0 Å². The number of nitrogens with zero attached hydrogens (tertiary/aromatic N) is 2. The van der Waals surface area contributed by atoms with Crippen LogP contribution in [0.2, 0.25) is 0 Å². The largest absolute Gasteiger partial charge is 0.325 e. The molecule has 0 fully saturated rings. The summed E-state index contributed by atoms with van der Waals surface area (Å²) in [6, 6.07) is 31.1. The summed E-state index contributed by atoms with van der Waals surface area (Å²) in [7, 11) is -0.763. The molecule has 1 heterocycles. The molecule has 1 aliphatic rings. The molecule has 0 saturated carbocycles. The Morgan fingerprint density at radius 1 is 0.696 bits per heavy atom. The Kier molecular flexibility index (Phi) is 3.79. The maximum absolute atomic E-state index is 4.85. The van der Waals surface area contributed by atoms with Crippen molar-refractivity contribution in [3.8, 4) is 0 Å². The monoisotopic (exact) mass is 317 g/mol. The van der Waals surface area contributed by atoms with Crippen LogP contribution in [0.3, 0.4) is 0 Å². The average Bonchev–Trinajstić information content (AvgIpc) is 3.09. The number of rotatable bonds is 3. The Morgan fingerprint density at radius 2 is 1.26 bits per heavy atom. The third-order valence-electron chi connectivity index (χ3n) is 3.63. The van der Waals surface area contributed by atoms with E-state index in [0.29, 0.717) is 0 Å². The van der Waals surface area contributed by atoms with Gasteiger partial charge in [0.25, 0.3) is 0 Å². The SMILES string of the molecule is c1ccc(C2=NN(c3ccccc3)P(c3ccccc3)N2)cc1. The van der Waals surface area contributed by atoms with Crippen molar-refractivity contribution in [3.63, 3.8) is 0 Å². The highest BCUT2D eigenvalue weighted by Crippen LogP contribution is 2.43. The van der Waals surface area contributed by atoms with Crippen molar-refractivity contribution in [2.75, 3.05) is 4.78 Å². The van der Waals surface area contributed by atoms with E-state index in [0.717, 1.165) is 17.1 Å². The van der Waals surface area contributed by atoms with Crippen molar-refractivity contribution >= 4 is 25.1 Å². The zero-order valence-electron chi connectivity index (χ0n) is 12.5. The van der Waals surface area contributed by atoms with Crippen LogP contribution in [0.1, 0.15) is 5.56 Å². The third kappa shape index (κ3) is 2.84. The summed E-state index contributed by atoms with van der Waals surface area (Å²) in [6.45, 7) is 0. The van der Waals surface area contributed by atoms with Gasteiger partial charge in [0.05, 0.1) is 5.69 Å². The van der Waals surface area contributed by atoms with E-state index in [4.69, 9.17) is 5.10 Å². The Bertz CT molecular complexity index is 804. The van der Waals surface area contributed by atoms with Crippen LogP contribution in [-0.4, -0.2) is 5.84 Å². The summed E-state index contributed by atoms with van der Waals surface area (Å²) < 4.78 is 2.10. The summed E-state index contributed by atoms with van der Waals surface area (Å²) in [5.41, 5.74) is 2.20. The first-order valence-corrected chi connectivity index (χ1v) is 8.82. The lowest BCUT2D eigenvalue weighted by molar-refractivity contribution is 1.21. The molecule has 23 heavy (non-hydrogen) atoms. The number of para-hydroxylation sites is 1. The van der Waals surface area contributed by atoms with Crippen LogP contribution in [0.15, 0.2) is 96.1 Å². The molecule has 112 valence electrons. The van der Waals surface area contributed by atoms with Crippen molar-refractivity contribution in [1.82, 2.24) is 5.09 Å². The topological polar surface area (TPSA) is 27.6 Å². The second-order valence-corrected chi connectivity index (χ2v) is 6.94. The Morgan fingerprint density at radius 3 is 1.91 bits per heavy atom. The van der Waals surface area contributed by atoms with Gasteiger partial charge in [-0.1, -0.05) is 78.9 Å². The van der Waals surface area contributed by atoms with E-state index in [9.17, 15) is 0 Å². The summed E-state index contributed by atoms with van der Waals surface area (Å²) in [5, 5.41) is 9.72. The van der Waals surface area contributed by atoms with Gasteiger partial charge in [-0.25, -0.2) is 4.78 Å². The summed E-state index contributed by atoms with van der Waals surface area (Å²) in [4.78, 5) is 0. The van der Waals surface area contributed by atoms with E-state index in [1.165, 1.54) is 5.30 Å². The van der Waals surface area contributed by atoms with E-state index in [1.54, 1.807) is 0 Å². The molecular formula is C19H16N3P. The number of nitrogens with one attached hydrogen (secondary N) is 1. The van der Waals surface area contributed by atoms with Gasteiger partial charge in [0.15, 0.2) is 5.84 Å². The summed E-state index contributed by atoms with van der Waals surface area (Å²) in [6.07, 6.45) is 0. The van der Waals surface area contributed by atoms with Crippen LogP contribution in [0.25, 0.3) is 0 Å². The molecule has 0 aliphatic carbocycles. The normalized spacial score (nSPS) is 16.8. The first-order valence-electron chi connectivity index (χ1n) is 7.53. The van der Waals surface area contributed by atoms with Crippen LogP contribution in [0.5, 0.6) is 0 Å². The minimum absolute atomic E-state index is 0.763. The van der Waals surface area contributed by atoms with Gasteiger partial charge in [0.2, 0.25) is 0 Å². The molecule has 1 aliphatic heterocycles. The van der Waals surface area contributed by atoms with E-state index in [-0.39, 0.29) is 0 Å². The Labute approximate surface area is 137 Å². The second-order valence-electron chi connectivity index (χ2n) is 5.20. The molecule has 0 saturated heterocycles. The third-order valence-corrected chi connectivity index (χ3v) is 5.54. The molecule has 1 atom stereocenters. The zero-order valence-corrected chi connectivity index (χ0v) is 13.4. The molecule has 3 aromatic carbocycles. The fourth-order valence-corrected chi connectivity index (χ4v) is 4.32. The van der Waals surface area contributed by atoms with Gasteiger partial charge in [-0.15, -0.1) is 5.10 Å². The highest BCUT2D eigenvalue weighted by molar-refractivity contribution is 7.66. The van der Waals surface area contributed by atoms with E-state index >= 15 is 0 Å². The van der Waals surface area contributed by atoms with Crippen molar-refractivity contribution < 1.29 is 0 Å². The van der Waals surface area contributed by atoms with Crippen molar-refractivity contribution in [2.45, 2.75) is 0 Å². The lowest BCUT2D eigenvalue weighted by Crippen LogP contribution is -2.22. The maximum atomic E-state index is 4.85. The predicted octanol–water partition coefficient (Wildman–Crippen LogP) is 4.10. The van der Waals surface area contributed by atoms with Crippen molar-refractivity contribution in [3.05, 3.63) is 96.6 Å². The number of amidine groups is 1. The van der Waals surface area contributed by atoms with Crippen LogP contribution in [-0.2, 0) is 0 Å². The number of hydrogen-bond donors (Lipinski definition) is 1. The summed E-state index contributed by atoms with van der Waals surface area (Å²) in [5.74, 6) is 0.921. The molecule has 3 nitrogen and oxygen atoms in total. The van der Waals surface area contributed by atoms with E-state index in [1.807, 2.05) is 42.5 Å². The molecule has 0 spiro atoms. The van der Waals surface area contributed by atoms with Crippen LogP contribution in [0, 0.1) is 0 Å². The molecule has 0 bridgehead atoms. The quantitative estimate of drug-likeness (QED) is 0.737. The van der Waals surface area contributed by atoms with Gasteiger partial charge in [0, 0.05) is 10.9 Å². The standard InChI is InChI=1S/C19H16N3P/c1-4-10-16(11-5-1)19-20-22(17-12-6-2-7-13-17)23(21-19)18-14-8-3-9-15-18/h1-15H,(H,20,21). The zero-order chi connectivity index (χ0) is 15.5. The molecular weight excluding hydrogens is 301 g/mol. The Balaban J connectivity index is 1.75. The number of anilines is 1. The Hall–Kier alpha value is -2.64. The molecule has 4 heteroatoms. The maximum Gasteiger partial charge on any atom is 0.158 e. The van der Waals surface area contributed by atoms with Crippen LogP contribution < -0.4 is 15.2 Å². The van der Waals surface area contributed by atoms with Gasteiger partial charge in [-0.2, -0.15) is 0 Å². The number of hydrogen-bond acceptors (Lipinski definition) is 3. The van der Waals surface area contributed by atoms with Gasteiger partial charge in [0.1, 0.15) is 8.22 Å². The van der Waals surface area contributed by atoms with Crippen LogP contribution in [0.4, 0.5) is 5.69 Å². The first kappa shape index (κ1) is 14.0. The van der Waals surface area contributed by atoms with Gasteiger partial charge < -0.3 is 5.09 Å². The van der Waals surface area contributed by atoms with E-state index < -0.39 is 8.22 Å². The highest BCUT2D eigenvalue weighted by atomic mass is 31.1. The minimum Gasteiger partial charge on any atom is -0.325 e. The molecule has 0 radical (unpaired) electrons. The number of hydrazone groups is 1. The predicted molar refractivity (Wildman–Crippen MR) is 98.0 cm³/mol. The van der Waals surface area contributed by atoms with E-state index in [2.05, 4.69) is 58.4 Å². The van der Waals surface area contributed by atoms with Crippen LogP contribution >= 0.6 is 8.22 Å². The fraction of sp³-hybridized carbons (Fsp3) is 0. The van der Waals surface area contributed by atoms with Gasteiger partial charge in [-0.3, -0.25) is 0 Å². The second kappa shape index (κ2) is 6.23. The highest BCUT2D eigenvalue weighted by Gasteiger charge is 2.29. The lowest BCUT2D eigenvalue weighted by Gasteiger charge is -2.22. The summed E-state index contributed by atoms with van der Waals surface area (Å²) >= 11 is 0. The number of benzene rings is 3. The molecule has 1 unspecified atom stereocenters. The van der Waals surface area contributed by atoms with Gasteiger partial charge in [-0.05, 0) is 12.1 Å². The minimum atomic E-state index is -0.763. The molecule has 4 rings (SSSR count). The lowest BCUT2D eigenvalue weighted by atomic mass is 10.2. The molecule has 3 aromatic rings. The molecule has 0 amide bonds. The molecule has 0 aromatic heterocycles. The van der Waals surface area contributed by atoms with Crippen molar-refractivity contribution in [1.29, 1.82) is 0 Å². The van der Waals surface area contributed by atoms with Crippen molar-refractivity contribution in [2.24, 2.45) is 5.10 Å². The first-order chi connectivity index (χ1) is 11.4. The average molecular weight is 317 g/mol. The molecule has 1 N–H and O–H groups in total. The smallest absolute Gasteiger partial charge is 0.158 e. The fourth-order valence-electron chi connectivity index (χ4n) is 2.51.